The summed E-state index contributed by atoms with van der Waals surface area (Å²) in [5.74, 6) is 0. The van der Waals surface area contributed by atoms with Gasteiger partial charge in [0.2, 0.25) is 0 Å². The second kappa shape index (κ2) is 5.39. The highest BCUT2D eigenvalue weighted by Crippen LogP contribution is 2.27. The van der Waals surface area contributed by atoms with Crippen molar-refractivity contribution >= 4 is 39.9 Å². The van der Waals surface area contributed by atoms with Crippen molar-refractivity contribution in [3.05, 3.63) is 29.3 Å². The van der Waals surface area contributed by atoms with Crippen molar-refractivity contribution in [2.75, 3.05) is 5.32 Å². The lowest BCUT2D eigenvalue weighted by molar-refractivity contribution is 0.486. The van der Waals surface area contributed by atoms with Gasteiger partial charge in [-0.3, -0.25) is 0 Å². The maximum absolute atomic E-state index is 5.85. The standard InChI is InChI=1S/C12H15ClIN/c13-9-5-7-10(8-6-9)15-12-4-2-1-3-11(12)14/h5-8,11-12,15H,1-4H2/t11-,12-/m1/s1. The van der Waals surface area contributed by atoms with Gasteiger partial charge < -0.3 is 5.32 Å². The van der Waals surface area contributed by atoms with Crippen molar-refractivity contribution < 1.29 is 0 Å². The summed E-state index contributed by atoms with van der Waals surface area (Å²) < 4.78 is 0.757. The van der Waals surface area contributed by atoms with E-state index >= 15 is 0 Å². The first kappa shape index (κ1) is 11.5. The molecule has 2 rings (SSSR count). The smallest absolute Gasteiger partial charge is 0.0407 e. The molecule has 1 aliphatic carbocycles. The average Bonchev–Trinajstić information content (AvgIpc) is 2.25. The Morgan fingerprint density at radius 3 is 2.47 bits per heavy atom. The fraction of sp³-hybridized carbons (Fsp3) is 0.500. The zero-order valence-corrected chi connectivity index (χ0v) is 11.5. The molecule has 0 bridgehead atoms. The summed E-state index contributed by atoms with van der Waals surface area (Å²) in [5, 5.41) is 4.39. The first-order valence-corrected chi connectivity index (χ1v) is 7.04. The molecule has 0 radical (unpaired) electrons. The Bertz CT molecular complexity index is 312. The van der Waals surface area contributed by atoms with Crippen LogP contribution in [0.2, 0.25) is 5.02 Å². The van der Waals surface area contributed by atoms with Crippen LogP contribution in [-0.4, -0.2) is 9.97 Å². The van der Waals surface area contributed by atoms with Crippen LogP contribution < -0.4 is 5.32 Å². The largest absolute Gasteiger partial charge is 0.381 e. The molecule has 0 amide bonds. The van der Waals surface area contributed by atoms with Gasteiger partial charge in [-0.15, -0.1) is 0 Å². The molecule has 0 aliphatic heterocycles. The molecule has 0 aromatic heterocycles. The fourth-order valence-electron chi connectivity index (χ4n) is 2.01. The van der Waals surface area contributed by atoms with Gasteiger partial charge in [-0.2, -0.15) is 0 Å². The summed E-state index contributed by atoms with van der Waals surface area (Å²) >= 11 is 8.42. The summed E-state index contributed by atoms with van der Waals surface area (Å²) in [7, 11) is 0. The van der Waals surface area contributed by atoms with E-state index in [4.69, 9.17) is 11.6 Å². The molecule has 0 heterocycles. The van der Waals surface area contributed by atoms with Crippen molar-refractivity contribution in [3.8, 4) is 0 Å². The zero-order chi connectivity index (χ0) is 10.7. The summed E-state index contributed by atoms with van der Waals surface area (Å²) in [6, 6.07) is 8.62. The van der Waals surface area contributed by atoms with Crippen molar-refractivity contribution in [1.82, 2.24) is 0 Å². The molecule has 1 N–H and O–H groups in total. The molecule has 1 aromatic rings. The normalized spacial score (nSPS) is 26.3. The summed E-state index contributed by atoms with van der Waals surface area (Å²) in [6.45, 7) is 0. The monoisotopic (exact) mass is 335 g/mol. The zero-order valence-electron chi connectivity index (χ0n) is 8.55. The number of halogens is 2. The second-order valence-corrected chi connectivity index (χ2v) is 6.09. The van der Waals surface area contributed by atoms with Crippen LogP contribution in [0.15, 0.2) is 24.3 Å². The van der Waals surface area contributed by atoms with Crippen LogP contribution in [0.5, 0.6) is 0 Å². The highest BCUT2D eigenvalue weighted by atomic mass is 127. The molecule has 1 aliphatic rings. The third-order valence-electron chi connectivity index (χ3n) is 2.88. The van der Waals surface area contributed by atoms with Crippen LogP contribution in [0.25, 0.3) is 0 Å². The maximum Gasteiger partial charge on any atom is 0.0407 e. The lowest BCUT2D eigenvalue weighted by Gasteiger charge is -2.29. The topological polar surface area (TPSA) is 12.0 Å². The number of anilines is 1. The quantitative estimate of drug-likeness (QED) is 0.620. The maximum atomic E-state index is 5.85. The Labute approximate surface area is 110 Å². The van der Waals surface area contributed by atoms with Gasteiger partial charge >= 0.3 is 0 Å². The lowest BCUT2D eigenvalue weighted by Crippen LogP contribution is -2.32. The van der Waals surface area contributed by atoms with Gasteiger partial charge in [-0.1, -0.05) is 47.0 Å². The van der Waals surface area contributed by atoms with Crippen LogP contribution in [0, 0.1) is 0 Å². The molecule has 0 saturated heterocycles. The van der Waals surface area contributed by atoms with E-state index in [-0.39, 0.29) is 0 Å². The van der Waals surface area contributed by atoms with E-state index in [0.29, 0.717) is 6.04 Å². The van der Waals surface area contributed by atoms with E-state index in [1.54, 1.807) is 0 Å². The Morgan fingerprint density at radius 1 is 1.13 bits per heavy atom. The number of alkyl halides is 1. The van der Waals surface area contributed by atoms with Gasteiger partial charge in [0, 0.05) is 20.7 Å². The van der Waals surface area contributed by atoms with E-state index in [0.717, 1.165) is 8.95 Å². The molecule has 15 heavy (non-hydrogen) atoms. The molecular formula is C12H15ClIN. The van der Waals surface area contributed by atoms with Crippen LogP contribution in [0.4, 0.5) is 5.69 Å². The minimum Gasteiger partial charge on any atom is -0.381 e. The fourth-order valence-corrected chi connectivity index (χ4v) is 3.11. The van der Waals surface area contributed by atoms with Crippen LogP contribution >= 0.6 is 34.2 Å². The minimum atomic E-state index is 0.625. The summed E-state index contributed by atoms with van der Waals surface area (Å²) in [5.41, 5.74) is 1.19. The highest BCUT2D eigenvalue weighted by Gasteiger charge is 2.21. The lowest BCUT2D eigenvalue weighted by atomic mass is 9.95. The molecule has 82 valence electrons. The number of nitrogens with one attached hydrogen (secondary N) is 1. The van der Waals surface area contributed by atoms with Crippen molar-refractivity contribution in [2.45, 2.75) is 35.6 Å². The Hall–Kier alpha value is 0.0400. The van der Waals surface area contributed by atoms with Gasteiger partial charge in [0.05, 0.1) is 0 Å². The van der Waals surface area contributed by atoms with E-state index in [9.17, 15) is 0 Å². The van der Waals surface area contributed by atoms with Crippen LogP contribution in [0.1, 0.15) is 25.7 Å². The van der Waals surface area contributed by atoms with Gasteiger partial charge in [-0.05, 0) is 37.1 Å². The first-order valence-electron chi connectivity index (χ1n) is 5.42. The summed E-state index contributed by atoms with van der Waals surface area (Å²) in [4.78, 5) is 0. The van der Waals surface area contributed by atoms with Gasteiger partial charge in [-0.25, -0.2) is 0 Å². The van der Waals surface area contributed by atoms with Crippen molar-refractivity contribution in [2.24, 2.45) is 0 Å². The minimum absolute atomic E-state index is 0.625. The number of hydrogen-bond donors (Lipinski definition) is 1. The SMILES string of the molecule is Clc1ccc(N[C@@H]2CCCC[C@H]2I)cc1. The van der Waals surface area contributed by atoms with E-state index in [1.807, 2.05) is 12.1 Å². The third kappa shape index (κ3) is 3.25. The Kier molecular flexibility index (Phi) is 4.14. The number of rotatable bonds is 2. The Balaban J connectivity index is 1.98. The van der Waals surface area contributed by atoms with E-state index in [2.05, 4.69) is 40.0 Å². The van der Waals surface area contributed by atoms with Crippen molar-refractivity contribution in [3.63, 3.8) is 0 Å². The predicted octanol–water partition coefficient (Wildman–Crippen LogP) is 4.50. The second-order valence-electron chi connectivity index (χ2n) is 4.06. The summed E-state index contributed by atoms with van der Waals surface area (Å²) in [6.07, 6.45) is 5.36. The van der Waals surface area contributed by atoms with Crippen molar-refractivity contribution in [1.29, 1.82) is 0 Å². The van der Waals surface area contributed by atoms with Gasteiger partial charge in [0.25, 0.3) is 0 Å². The van der Waals surface area contributed by atoms with Crippen LogP contribution in [0.3, 0.4) is 0 Å². The molecular weight excluding hydrogens is 320 g/mol. The van der Waals surface area contributed by atoms with Crippen LogP contribution in [-0.2, 0) is 0 Å². The predicted molar refractivity (Wildman–Crippen MR) is 75.1 cm³/mol. The van der Waals surface area contributed by atoms with Gasteiger partial charge in [0.15, 0.2) is 0 Å². The third-order valence-corrected chi connectivity index (χ3v) is 4.62. The molecule has 2 atom stereocenters. The Morgan fingerprint density at radius 2 is 1.80 bits per heavy atom. The molecule has 1 fully saturated rings. The molecule has 1 aromatic carbocycles. The molecule has 0 spiro atoms. The highest BCUT2D eigenvalue weighted by molar-refractivity contribution is 14.1. The van der Waals surface area contributed by atoms with E-state index < -0.39 is 0 Å². The molecule has 1 saturated carbocycles. The molecule has 0 unspecified atom stereocenters. The van der Waals surface area contributed by atoms with E-state index in [1.165, 1.54) is 31.4 Å². The van der Waals surface area contributed by atoms with Gasteiger partial charge in [0.1, 0.15) is 0 Å². The first-order chi connectivity index (χ1) is 7.25. The molecule has 3 heteroatoms. The number of benzene rings is 1. The molecule has 1 nitrogen and oxygen atoms in total. The average molecular weight is 336 g/mol. The number of hydrogen-bond acceptors (Lipinski definition) is 1.